The predicted molar refractivity (Wildman–Crippen MR) is 97.8 cm³/mol. The van der Waals surface area contributed by atoms with E-state index in [0.29, 0.717) is 23.9 Å². The fraction of sp³-hybridized carbons (Fsp3) is 0.684. The maximum atomic E-state index is 13.2. The molecule has 0 saturated heterocycles. The molecule has 5 nitrogen and oxygen atoms in total. The second-order valence-electron chi connectivity index (χ2n) is 8.21. The molecule has 2 amide bonds. The lowest BCUT2D eigenvalue weighted by molar-refractivity contribution is -0.139. The van der Waals surface area contributed by atoms with Crippen molar-refractivity contribution in [3.8, 4) is 0 Å². The predicted octanol–water partition coefficient (Wildman–Crippen LogP) is 3.70. The van der Waals surface area contributed by atoms with E-state index in [-0.39, 0.29) is 17.2 Å². The van der Waals surface area contributed by atoms with Gasteiger partial charge in [0, 0.05) is 29.3 Å². The summed E-state index contributed by atoms with van der Waals surface area (Å²) in [6.07, 6.45) is 5.73. The van der Waals surface area contributed by atoms with Crippen LogP contribution in [0.2, 0.25) is 0 Å². The van der Waals surface area contributed by atoms with Crippen LogP contribution in [-0.2, 0) is 16.8 Å². The average molecular weight is 365 g/mol. The summed E-state index contributed by atoms with van der Waals surface area (Å²) in [6, 6.07) is 1.82. The molecule has 25 heavy (non-hydrogen) atoms. The standard InChI is InChI=1S/C19H28N2O3S/c1-12-7-5-4-6-8-14(12)18(23)21-10-13-9-15(17(22)20-24)25-16(13)19(2,3)11-21/h9,12,14,24H,4-8,10-11H2,1-3H3,(H,20,22). The molecule has 2 heterocycles. The molecule has 2 unspecified atom stereocenters. The van der Waals surface area contributed by atoms with Crippen molar-refractivity contribution in [2.45, 2.75) is 64.8 Å². The molecule has 0 spiro atoms. The topological polar surface area (TPSA) is 69.6 Å². The Labute approximate surface area is 153 Å². The number of nitrogens with one attached hydrogen (secondary N) is 1. The monoisotopic (exact) mass is 364 g/mol. The average Bonchev–Trinajstić information content (AvgIpc) is 2.90. The van der Waals surface area contributed by atoms with Crippen LogP contribution in [0.15, 0.2) is 6.07 Å². The van der Waals surface area contributed by atoms with Crippen LogP contribution in [0.3, 0.4) is 0 Å². The van der Waals surface area contributed by atoms with E-state index in [9.17, 15) is 9.59 Å². The Kier molecular flexibility index (Phi) is 5.21. The van der Waals surface area contributed by atoms with Crippen LogP contribution in [0.4, 0.5) is 0 Å². The summed E-state index contributed by atoms with van der Waals surface area (Å²) in [5.41, 5.74) is 2.56. The van der Waals surface area contributed by atoms with E-state index in [4.69, 9.17) is 5.21 Å². The maximum Gasteiger partial charge on any atom is 0.284 e. The van der Waals surface area contributed by atoms with Gasteiger partial charge in [0.25, 0.3) is 5.91 Å². The highest BCUT2D eigenvalue weighted by Crippen LogP contribution is 2.40. The van der Waals surface area contributed by atoms with Gasteiger partial charge in [-0.2, -0.15) is 0 Å². The Morgan fingerprint density at radius 1 is 1.28 bits per heavy atom. The molecule has 1 saturated carbocycles. The molecule has 2 atom stereocenters. The van der Waals surface area contributed by atoms with Gasteiger partial charge in [0.1, 0.15) is 0 Å². The summed E-state index contributed by atoms with van der Waals surface area (Å²) in [5.74, 6) is 0.356. The molecule has 0 radical (unpaired) electrons. The van der Waals surface area contributed by atoms with Gasteiger partial charge >= 0.3 is 0 Å². The number of rotatable bonds is 2. The first kappa shape index (κ1) is 18.4. The molecule has 1 aromatic rings. The normalized spacial score (nSPS) is 25.8. The smallest absolute Gasteiger partial charge is 0.284 e. The van der Waals surface area contributed by atoms with Gasteiger partial charge < -0.3 is 4.90 Å². The van der Waals surface area contributed by atoms with Crippen molar-refractivity contribution in [1.29, 1.82) is 0 Å². The number of hydrogen-bond donors (Lipinski definition) is 2. The van der Waals surface area contributed by atoms with Crippen LogP contribution in [0.1, 0.15) is 73.0 Å². The second-order valence-corrected chi connectivity index (χ2v) is 9.26. The minimum absolute atomic E-state index is 0.124. The molecular formula is C19H28N2O3S. The molecule has 1 fully saturated rings. The Balaban J connectivity index is 1.84. The van der Waals surface area contributed by atoms with Crippen molar-refractivity contribution < 1.29 is 14.8 Å². The Morgan fingerprint density at radius 2 is 2.00 bits per heavy atom. The molecule has 2 aliphatic rings. The Hall–Kier alpha value is -1.40. The SMILES string of the molecule is CC1CCCCCC1C(=O)N1Cc2cc(C(=O)NO)sc2C(C)(C)C1. The van der Waals surface area contributed by atoms with Crippen molar-refractivity contribution in [2.75, 3.05) is 6.54 Å². The summed E-state index contributed by atoms with van der Waals surface area (Å²) >= 11 is 1.42. The number of nitrogens with zero attached hydrogens (tertiary/aromatic N) is 1. The first-order valence-electron chi connectivity index (χ1n) is 9.20. The molecule has 2 N–H and O–H groups in total. The summed E-state index contributed by atoms with van der Waals surface area (Å²) in [6.45, 7) is 7.71. The van der Waals surface area contributed by atoms with Crippen molar-refractivity contribution in [1.82, 2.24) is 10.4 Å². The lowest BCUT2D eigenvalue weighted by atomic mass is 9.82. The van der Waals surface area contributed by atoms with Crippen LogP contribution in [0, 0.1) is 11.8 Å². The number of hydroxylamine groups is 1. The minimum Gasteiger partial charge on any atom is -0.337 e. The second kappa shape index (κ2) is 7.08. The maximum absolute atomic E-state index is 13.2. The van der Waals surface area contributed by atoms with Crippen molar-refractivity contribution in [3.63, 3.8) is 0 Å². The highest BCUT2D eigenvalue weighted by molar-refractivity contribution is 7.14. The van der Waals surface area contributed by atoms with Crippen LogP contribution in [0.5, 0.6) is 0 Å². The van der Waals surface area contributed by atoms with Gasteiger partial charge in [0.15, 0.2) is 0 Å². The first-order chi connectivity index (χ1) is 11.8. The lowest BCUT2D eigenvalue weighted by Crippen LogP contribution is -2.47. The van der Waals surface area contributed by atoms with E-state index in [2.05, 4.69) is 20.8 Å². The van der Waals surface area contributed by atoms with E-state index in [1.807, 2.05) is 11.0 Å². The van der Waals surface area contributed by atoms with Crippen molar-refractivity contribution in [3.05, 3.63) is 21.4 Å². The zero-order valence-corrected chi connectivity index (χ0v) is 16.1. The van der Waals surface area contributed by atoms with Crippen LogP contribution >= 0.6 is 11.3 Å². The van der Waals surface area contributed by atoms with Gasteiger partial charge in [-0.15, -0.1) is 11.3 Å². The van der Waals surface area contributed by atoms with E-state index < -0.39 is 5.91 Å². The minimum atomic E-state index is -0.481. The Morgan fingerprint density at radius 3 is 2.72 bits per heavy atom. The number of fused-ring (bicyclic) bond motifs is 1. The quantitative estimate of drug-likeness (QED) is 0.477. The third-order valence-electron chi connectivity index (χ3n) is 5.69. The third-order valence-corrected chi connectivity index (χ3v) is 7.23. The molecule has 6 heteroatoms. The van der Waals surface area contributed by atoms with Gasteiger partial charge in [0.2, 0.25) is 5.91 Å². The zero-order chi connectivity index (χ0) is 18.2. The summed E-state index contributed by atoms with van der Waals surface area (Å²) < 4.78 is 0. The van der Waals surface area contributed by atoms with Crippen molar-refractivity contribution >= 4 is 23.2 Å². The van der Waals surface area contributed by atoms with Gasteiger partial charge in [0.05, 0.1) is 4.88 Å². The summed E-state index contributed by atoms with van der Waals surface area (Å²) in [4.78, 5) is 28.6. The molecule has 0 aromatic carbocycles. The first-order valence-corrected chi connectivity index (χ1v) is 10.0. The molecular weight excluding hydrogens is 336 g/mol. The van der Waals surface area contributed by atoms with E-state index in [1.165, 1.54) is 24.2 Å². The zero-order valence-electron chi connectivity index (χ0n) is 15.3. The van der Waals surface area contributed by atoms with Gasteiger partial charge in [-0.05, 0) is 30.4 Å². The molecule has 1 aromatic heterocycles. The highest BCUT2D eigenvalue weighted by atomic mass is 32.1. The Bertz CT molecular complexity index is 668. The van der Waals surface area contributed by atoms with Gasteiger partial charge in [-0.3, -0.25) is 14.8 Å². The summed E-state index contributed by atoms with van der Waals surface area (Å²) in [7, 11) is 0. The number of amides is 2. The fourth-order valence-electron chi connectivity index (χ4n) is 4.35. The van der Waals surface area contributed by atoms with E-state index in [1.54, 1.807) is 5.48 Å². The highest BCUT2D eigenvalue weighted by Gasteiger charge is 2.39. The molecule has 0 bridgehead atoms. The number of hydrogen-bond acceptors (Lipinski definition) is 4. The fourth-order valence-corrected chi connectivity index (χ4v) is 5.50. The number of carbonyl (C=O) groups is 2. The molecule has 1 aliphatic carbocycles. The van der Waals surface area contributed by atoms with Crippen molar-refractivity contribution in [2.24, 2.45) is 11.8 Å². The van der Waals surface area contributed by atoms with Crippen LogP contribution in [-0.4, -0.2) is 28.5 Å². The van der Waals surface area contributed by atoms with E-state index in [0.717, 1.165) is 29.7 Å². The van der Waals surface area contributed by atoms with Gasteiger partial charge in [-0.1, -0.05) is 40.0 Å². The molecule has 1 aliphatic heterocycles. The van der Waals surface area contributed by atoms with E-state index >= 15 is 0 Å². The van der Waals surface area contributed by atoms with Crippen LogP contribution in [0.25, 0.3) is 0 Å². The molecule has 138 valence electrons. The number of carbonyl (C=O) groups excluding carboxylic acids is 2. The largest absolute Gasteiger partial charge is 0.337 e. The summed E-state index contributed by atoms with van der Waals surface area (Å²) in [5, 5.41) is 8.89. The third kappa shape index (κ3) is 3.60. The number of thiophene rings is 1. The molecule has 3 rings (SSSR count). The van der Waals surface area contributed by atoms with Crippen LogP contribution < -0.4 is 5.48 Å². The van der Waals surface area contributed by atoms with Gasteiger partial charge in [-0.25, -0.2) is 5.48 Å². The lowest BCUT2D eigenvalue weighted by Gasteiger charge is -2.40.